The van der Waals surface area contributed by atoms with Gasteiger partial charge >= 0.3 is 6.09 Å². The summed E-state index contributed by atoms with van der Waals surface area (Å²) in [5.74, 6) is -0.213. The van der Waals surface area contributed by atoms with Crippen LogP contribution >= 0.6 is 0 Å². The molecule has 5 nitrogen and oxygen atoms in total. The highest BCUT2D eigenvalue weighted by Gasteiger charge is 2.38. The number of amides is 2. The van der Waals surface area contributed by atoms with Gasteiger partial charge in [0.1, 0.15) is 0 Å². The minimum atomic E-state index is -0.490. The van der Waals surface area contributed by atoms with Crippen LogP contribution in [0.1, 0.15) is 25.7 Å². The molecule has 0 spiro atoms. The van der Waals surface area contributed by atoms with Crippen molar-refractivity contribution in [1.82, 2.24) is 4.90 Å². The van der Waals surface area contributed by atoms with E-state index in [-0.39, 0.29) is 24.6 Å². The Bertz CT molecular complexity index is 243. The topological polar surface area (TPSA) is 72.6 Å². The summed E-state index contributed by atoms with van der Waals surface area (Å²) in [6.45, 7) is -0.0958. The van der Waals surface area contributed by atoms with Crippen LogP contribution < -0.4 is 5.73 Å². The molecule has 0 aromatic heterocycles. The van der Waals surface area contributed by atoms with Gasteiger partial charge in [-0.05, 0) is 25.7 Å². The van der Waals surface area contributed by atoms with Gasteiger partial charge in [-0.2, -0.15) is 0 Å². The highest BCUT2D eigenvalue weighted by Crippen LogP contribution is 2.24. The van der Waals surface area contributed by atoms with Crippen molar-refractivity contribution in [3.8, 4) is 0 Å². The third kappa shape index (κ3) is 1.59. The zero-order chi connectivity index (χ0) is 10.1. The van der Waals surface area contributed by atoms with E-state index in [2.05, 4.69) is 4.74 Å². The first-order chi connectivity index (χ1) is 6.68. The van der Waals surface area contributed by atoms with Crippen LogP contribution in [0.3, 0.4) is 0 Å². The molecule has 2 fully saturated rings. The zero-order valence-electron chi connectivity index (χ0n) is 7.94. The summed E-state index contributed by atoms with van der Waals surface area (Å²) >= 11 is 0. The predicted molar refractivity (Wildman–Crippen MR) is 48.4 cm³/mol. The Balaban J connectivity index is 2.00. The number of hydrogen-bond donors (Lipinski definition) is 1. The Morgan fingerprint density at radius 3 is 2.36 bits per heavy atom. The lowest BCUT2D eigenvalue weighted by molar-refractivity contribution is -0.127. The fourth-order valence-electron chi connectivity index (χ4n) is 2.08. The normalized spacial score (nSPS) is 33.4. The summed E-state index contributed by atoms with van der Waals surface area (Å²) in [6, 6.07) is 0.234. The molecular weight excluding hydrogens is 184 g/mol. The quantitative estimate of drug-likeness (QED) is 0.654. The van der Waals surface area contributed by atoms with Gasteiger partial charge in [-0.25, -0.2) is 9.69 Å². The molecule has 78 valence electrons. The van der Waals surface area contributed by atoms with Crippen LogP contribution in [0.5, 0.6) is 0 Å². The minimum Gasteiger partial charge on any atom is -0.439 e. The average molecular weight is 198 g/mol. The molecule has 0 atom stereocenters. The van der Waals surface area contributed by atoms with E-state index < -0.39 is 6.09 Å². The summed E-state index contributed by atoms with van der Waals surface area (Å²) in [5, 5.41) is 0. The van der Waals surface area contributed by atoms with Crippen molar-refractivity contribution in [1.29, 1.82) is 0 Å². The largest absolute Gasteiger partial charge is 0.439 e. The van der Waals surface area contributed by atoms with Crippen molar-refractivity contribution in [3.05, 3.63) is 0 Å². The molecule has 2 amide bonds. The van der Waals surface area contributed by atoms with Gasteiger partial charge in [0.25, 0.3) is 5.91 Å². The summed E-state index contributed by atoms with van der Waals surface area (Å²) in [5.41, 5.74) is 5.75. The van der Waals surface area contributed by atoms with Crippen LogP contribution in [0.2, 0.25) is 0 Å². The molecule has 1 aliphatic heterocycles. The van der Waals surface area contributed by atoms with E-state index in [1.54, 1.807) is 0 Å². The maximum atomic E-state index is 11.3. The third-order valence-electron chi connectivity index (χ3n) is 2.89. The molecule has 0 bridgehead atoms. The molecule has 1 saturated carbocycles. The SMILES string of the molecule is NC1CCC(N2C(=O)COC2=O)CC1. The maximum Gasteiger partial charge on any atom is 0.417 e. The number of nitrogens with zero attached hydrogens (tertiary/aromatic N) is 1. The predicted octanol–water partition coefficient (Wildman–Crippen LogP) is 0.235. The van der Waals surface area contributed by atoms with Crippen LogP contribution in [-0.2, 0) is 9.53 Å². The first-order valence-electron chi connectivity index (χ1n) is 4.93. The summed E-state index contributed by atoms with van der Waals surface area (Å²) < 4.78 is 4.66. The van der Waals surface area contributed by atoms with Gasteiger partial charge < -0.3 is 10.5 Å². The standard InChI is InChI=1S/C9H14N2O3/c10-6-1-3-7(4-2-6)11-8(12)5-14-9(11)13/h6-7H,1-5,10H2. The van der Waals surface area contributed by atoms with Crippen molar-refractivity contribution in [2.24, 2.45) is 5.73 Å². The van der Waals surface area contributed by atoms with Crippen molar-refractivity contribution in [3.63, 3.8) is 0 Å². The number of imide groups is 1. The Morgan fingerprint density at radius 1 is 1.21 bits per heavy atom. The highest BCUT2D eigenvalue weighted by molar-refractivity contribution is 5.98. The fraction of sp³-hybridized carbons (Fsp3) is 0.778. The molecule has 5 heteroatoms. The molecule has 2 N–H and O–H groups in total. The maximum absolute atomic E-state index is 11.3. The second kappa shape index (κ2) is 3.57. The number of hydrogen-bond acceptors (Lipinski definition) is 4. The molecule has 2 rings (SSSR count). The molecule has 0 aromatic rings. The van der Waals surface area contributed by atoms with Crippen LogP contribution in [0.15, 0.2) is 0 Å². The van der Waals surface area contributed by atoms with Gasteiger partial charge in [-0.15, -0.1) is 0 Å². The Hall–Kier alpha value is -1.10. The van der Waals surface area contributed by atoms with Gasteiger partial charge in [-0.3, -0.25) is 4.79 Å². The molecule has 0 aromatic carbocycles. The lowest BCUT2D eigenvalue weighted by Gasteiger charge is -2.30. The van der Waals surface area contributed by atoms with Crippen LogP contribution in [-0.4, -0.2) is 35.6 Å². The lowest BCUT2D eigenvalue weighted by Crippen LogP contribution is -2.43. The van der Waals surface area contributed by atoms with Gasteiger partial charge in [0.05, 0.1) is 0 Å². The van der Waals surface area contributed by atoms with Crippen molar-refractivity contribution in [2.75, 3.05) is 6.61 Å². The first kappa shape index (κ1) is 9.45. The van der Waals surface area contributed by atoms with Gasteiger partial charge in [0.15, 0.2) is 6.61 Å². The molecule has 14 heavy (non-hydrogen) atoms. The zero-order valence-corrected chi connectivity index (χ0v) is 7.94. The first-order valence-corrected chi connectivity index (χ1v) is 4.93. The van der Waals surface area contributed by atoms with Crippen LogP contribution in [0, 0.1) is 0 Å². The number of rotatable bonds is 1. The molecule has 1 aliphatic carbocycles. The number of carbonyl (C=O) groups excluding carboxylic acids is 2. The van der Waals surface area contributed by atoms with Gasteiger partial charge in [0.2, 0.25) is 0 Å². The third-order valence-corrected chi connectivity index (χ3v) is 2.89. The van der Waals surface area contributed by atoms with E-state index in [9.17, 15) is 9.59 Å². The van der Waals surface area contributed by atoms with Gasteiger partial charge in [-0.1, -0.05) is 0 Å². The number of carbonyl (C=O) groups is 2. The Labute approximate surface area is 82.2 Å². The molecule has 2 aliphatic rings. The van der Waals surface area contributed by atoms with E-state index in [1.807, 2.05) is 0 Å². The molecule has 1 heterocycles. The van der Waals surface area contributed by atoms with E-state index in [0.717, 1.165) is 25.7 Å². The highest BCUT2D eigenvalue weighted by atomic mass is 16.6. The lowest BCUT2D eigenvalue weighted by atomic mass is 9.91. The summed E-state index contributed by atoms with van der Waals surface area (Å²) in [6.07, 6.45) is 2.88. The Morgan fingerprint density at radius 2 is 1.86 bits per heavy atom. The van der Waals surface area contributed by atoms with E-state index in [1.165, 1.54) is 4.90 Å². The number of nitrogens with two attached hydrogens (primary N) is 1. The monoisotopic (exact) mass is 198 g/mol. The molecule has 0 radical (unpaired) electrons. The summed E-state index contributed by atoms with van der Waals surface area (Å²) in [7, 11) is 0. The van der Waals surface area contributed by atoms with Gasteiger partial charge in [0, 0.05) is 12.1 Å². The van der Waals surface area contributed by atoms with E-state index in [4.69, 9.17) is 5.73 Å². The smallest absolute Gasteiger partial charge is 0.417 e. The minimum absolute atomic E-state index is 0.0114. The molecule has 0 unspecified atom stereocenters. The second-order valence-electron chi connectivity index (χ2n) is 3.89. The molecular formula is C9H14N2O3. The van der Waals surface area contributed by atoms with Crippen LogP contribution in [0.4, 0.5) is 4.79 Å². The number of ether oxygens (including phenoxy) is 1. The fourth-order valence-corrected chi connectivity index (χ4v) is 2.08. The summed E-state index contributed by atoms with van der Waals surface area (Å²) in [4.78, 5) is 23.8. The van der Waals surface area contributed by atoms with Crippen molar-refractivity contribution >= 4 is 12.0 Å². The van der Waals surface area contributed by atoms with Crippen molar-refractivity contribution < 1.29 is 14.3 Å². The average Bonchev–Trinajstić information content (AvgIpc) is 2.49. The van der Waals surface area contributed by atoms with E-state index in [0.29, 0.717) is 0 Å². The molecule has 1 saturated heterocycles. The Kier molecular flexibility index (Phi) is 2.41. The van der Waals surface area contributed by atoms with Crippen molar-refractivity contribution in [2.45, 2.75) is 37.8 Å². The second-order valence-corrected chi connectivity index (χ2v) is 3.89. The van der Waals surface area contributed by atoms with Crippen LogP contribution in [0.25, 0.3) is 0 Å². The van der Waals surface area contributed by atoms with E-state index >= 15 is 0 Å². The number of cyclic esters (lactones) is 1.